The second-order valence-corrected chi connectivity index (χ2v) is 2.47. The SMILES string of the molecule is CCC(CC)O[P+](=O)O. The minimum absolute atomic E-state index is 0.0568. The van der Waals surface area contributed by atoms with Crippen LogP contribution in [0.3, 0.4) is 0 Å². The zero-order valence-electron chi connectivity index (χ0n) is 5.70. The van der Waals surface area contributed by atoms with E-state index in [-0.39, 0.29) is 6.10 Å². The van der Waals surface area contributed by atoms with Gasteiger partial charge in [-0.05, 0) is 12.8 Å². The molecule has 0 aromatic rings. The maximum atomic E-state index is 10.1. The van der Waals surface area contributed by atoms with Crippen LogP contribution in [0.25, 0.3) is 0 Å². The summed E-state index contributed by atoms with van der Waals surface area (Å²) in [6.45, 7) is 3.85. The quantitative estimate of drug-likeness (QED) is 0.623. The Morgan fingerprint density at radius 3 is 2.11 bits per heavy atom. The van der Waals surface area contributed by atoms with E-state index in [1.165, 1.54) is 0 Å². The van der Waals surface area contributed by atoms with Gasteiger partial charge in [0.05, 0.1) is 0 Å². The van der Waals surface area contributed by atoms with Crippen molar-refractivity contribution >= 4 is 8.25 Å². The van der Waals surface area contributed by atoms with Crippen molar-refractivity contribution in [3.05, 3.63) is 0 Å². The summed E-state index contributed by atoms with van der Waals surface area (Å²) >= 11 is 0. The third-order valence-corrected chi connectivity index (χ3v) is 1.63. The highest BCUT2D eigenvalue weighted by atomic mass is 31.1. The molecule has 0 radical (unpaired) electrons. The Hall–Kier alpha value is 0.0200. The van der Waals surface area contributed by atoms with Crippen LogP contribution in [0.5, 0.6) is 0 Å². The lowest BCUT2D eigenvalue weighted by atomic mass is 10.2. The topological polar surface area (TPSA) is 46.5 Å². The van der Waals surface area contributed by atoms with Crippen molar-refractivity contribution < 1.29 is 14.0 Å². The first-order chi connectivity index (χ1) is 4.20. The minimum Gasteiger partial charge on any atom is -0.133 e. The second-order valence-electron chi connectivity index (χ2n) is 1.78. The number of hydrogen-bond acceptors (Lipinski definition) is 2. The molecule has 0 bridgehead atoms. The summed E-state index contributed by atoms with van der Waals surface area (Å²) in [5, 5.41) is 0. The lowest BCUT2D eigenvalue weighted by Gasteiger charge is -2.00. The van der Waals surface area contributed by atoms with Gasteiger partial charge in [-0.2, -0.15) is 0 Å². The van der Waals surface area contributed by atoms with Crippen LogP contribution >= 0.6 is 8.25 Å². The van der Waals surface area contributed by atoms with Crippen LogP contribution in [0.1, 0.15) is 26.7 Å². The first-order valence-electron chi connectivity index (χ1n) is 3.03. The summed E-state index contributed by atoms with van der Waals surface area (Å²) in [5.74, 6) is 0. The third kappa shape index (κ3) is 4.52. The van der Waals surface area contributed by atoms with Crippen molar-refractivity contribution in [3.8, 4) is 0 Å². The monoisotopic (exact) mass is 151 g/mol. The second kappa shape index (κ2) is 4.86. The third-order valence-electron chi connectivity index (χ3n) is 1.15. The van der Waals surface area contributed by atoms with Gasteiger partial charge in [-0.1, -0.05) is 13.8 Å². The van der Waals surface area contributed by atoms with Crippen LogP contribution in [0, 0.1) is 0 Å². The Morgan fingerprint density at radius 1 is 1.56 bits per heavy atom. The fourth-order valence-corrected chi connectivity index (χ4v) is 1.12. The fraction of sp³-hybridized carbons (Fsp3) is 1.00. The van der Waals surface area contributed by atoms with Gasteiger partial charge in [-0.15, -0.1) is 9.42 Å². The molecule has 0 fully saturated rings. The maximum Gasteiger partial charge on any atom is 0.694 e. The number of rotatable bonds is 4. The van der Waals surface area contributed by atoms with Gasteiger partial charge in [0.15, 0.2) is 0 Å². The van der Waals surface area contributed by atoms with E-state index in [9.17, 15) is 4.57 Å². The normalized spacial score (nSPS) is 12.2. The summed E-state index contributed by atoms with van der Waals surface area (Å²) in [7, 11) is -2.40. The lowest BCUT2D eigenvalue weighted by molar-refractivity contribution is 0.180. The van der Waals surface area contributed by atoms with Gasteiger partial charge < -0.3 is 0 Å². The van der Waals surface area contributed by atoms with Gasteiger partial charge in [-0.3, -0.25) is 0 Å². The lowest BCUT2D eigenvalue weighted by Crippen LogP contribution is -2.04. The molecule has 0 aliphatic carbocycles. The Labute approximate surface area is 56.0 Å². The molecule has 0 saturated heterocycles. The Kier molecular flexibility index (Phi) is 4.87. The highest BCUT2D eigenvalue weighted by molar-refractivity contribution is 7.32. The molecular weight excluding hydrogens is 139 g/mol. The molecule has 9 heavy (non-hydrogen) atoms. The van der Waals surface area contributed by atoms with E-state index >= 15 is 0 Å². The van der Waals surface area contributed by atoms with Gasteiger partial charge in [-0.25, -0.2) is 0 Å². The Balaban J connectivity index is 3.43. The predicted octanol–water partition coefficient (Wildman–Crippen LogP) is 1.84. The zero-order valence-corrected chi connectivity index (χ0v) is 6.60. The van der Waals surface area contributed by atoms with Gasteiger partial charge in [0.1, 0.15) is 6.10 Å². The molecule has 0 spiro atoms. The van der Waals surface area contributed by atoms with Gasteiger partial charge in [0.25, 0.3) is 0 Å². The molecule has 0 heterocycles. The van der Waals surface area contributed by atoms with E-state index in [4.69, 9.17) is 4.89 Å². The summed E-state index contributed by atoms with van der Waals surface area (Å²) in [6, 6.07) is 0. The van der Waals surface area contributed by atoms with Crippen molar-refractivity contribution in [2.45, 2.75) is 32.8 Å². The van der Waals surface area contributed by atoms with Crippen molar-refractivity contribution in [3.63, 3.8) is 0 Å². The number of hydrogen-bond donors (Lipinski definition) is 1. The van der Waals surface area contributed by atoms with E-state index < -0.39 is 8.25 Å². The summed E-state index contributed by atoms with van der Waals surface area (Å²) in [6.07, 6.45) is 1.52. The molecule has 0 aliphatic heterocycles. The molecule has 0 amide bonds. The smallest absolute Gasteiger partial charge is 0.133 e. The minimum atomic E-state index is -2.40. The standard InChI is InChI=1S/C5H11O3P/c1-3-5(4-2)8-9(6)7/h5H,3-4H2,1-2H3/p+1. The molecule has 4 heteroatoms. The first-order valence-corrected chi connectivity index (χ1v) is 4.16. The molecule has 0 saturated carbocycles. The van der Waals surface area contributed by atoms with Crippen LogP contribution in [-0.4, -0.2) is 11.0 Å². The van der Waals surface area contributed by atoms with Gasteiger partial charge >= 0.3 is 8.25 Å². The molecule has 3 nitrogen and oxygen atoms in total. The van der Waals surface area contributed by atoms with E-state index in [0.29, 0.717) is 0 Å². The zero-order chi connectivity index (χ0) is 7.28. The molecule has 1 N–H and O–H groups in total. The molecular formula is C5H12O3P+. The van der Waals surface area contributed by atoms with Gasteiger partial charge in [0, 0.05) is 4.57 Å². The molecule has 1 unspecified atom stereocenters. The van der Waals surface area contributed by atoms with E-state index in [1.54, 1.807) is 0 Å². The van der Waals surface area contributed by atoms with Crippen LogP contribution in [0.4, 0.5) is 0 Å². The van der Waals surface area contributed by atoms with Crippen LogP contribution in [0.15, 0.2) is 0 Å². The van der Waals surface area contributed by atoms with Crippen LogP contribution < -0.4 is 0 Å². The highest BCUT2D eigenvalue weighted by Crippen LogP contribution is 2.20. The van der Waals surface area contributed by atoms with Crippen LogP contribution in [-0.2, 0) is 9.09 Å². The van der Waals surface area contributed by atoms with E-state index in [1.807, 2.05) is 13.8 Å². The summed E-state index contributed by atoms with van der Waals surface area (Å²) < 4.78 is 14.7. The summed E-state index contributed by atoms with van der Waals surface area (Å²) in [5.41, 5.74) is 0. The first kappa shape index (κ1) is 9.02. The largest absolute Gasteiger partial charge is 0.694 e. The highest BCUT2D eigenvalue weighted by Gasteiger charge is 2.18. The fourth-order valence-electron chi connectivity index (χ4n) is 0.565. The van der Waals surface area contributed by atoms with E-state index in [0.717, 1.165) is 12.8 Å². The molecule has 54 valence electrons. The molecule has 0 aromatic carbocycles. The predicted molar refractivity (Wildman–Crippen MR) is 35.3 cm³/mol. The van der Waals surface area contributed by atoms with Crippen molar-refractivity contribution in [1.29, 1.82) is 0 Å². The van der Waals surface area contributed by atoms with E-state index in [2.05, 4.69) is 4.52 Å². The maximum absolute atomic E-state index is 10.1. The molecule has 1 atom stereocenters. The molecule has 0 aliphatic rings. The summed E-state index contributed by atoms with van der Waals surface area (Å²) in [4.78, 5) is 8.27. The Bertz CT molecular complexity index is 90.2. The Morgan fingerprint density at radius 2 is 2.00 bits per heavy atom. The van der Waals surface area contributed by atoms with Crippen molar-refractivity contribution in [2.24, 2.45) is 0 Å². The van der Waals surface area contributed by atoms with Gasteiger partial charge in [0.2, 0.25) is 0 Å². The average Bonchev–Trinajstić information content (AvgIpc) is 1.82. The molecule has 0 aromatic heterocycles. The van der Waals surface area contributed by atoms with Crippen LogP contribution in [0.2, 0.25) is 0 Å². The molecule has 0 rings (SSSR count). The average molecular weight is 151 g/mol. The van der Waals surface area contributed by atoms with Crippen molar-refractivity contribution in [1.82, 2.24) is 0 Å². The van der Waals surface area contributed by atoms with Crippen molar-refractivity contribution in [2.75, 3.05) is 0 Å².